The lowest BCUT2D eigenvalue weighted by atomic mass is 9.87. The van der Waals surface area contributed by atoms with Crippen LogP contribution in [0.3, 0.4) is 0 Å². The lowest BCUT2D eigenvalue weighted by Gasteiger charge is -2.30. The maximum absolute atomic E-state index is 12.1. The standard InChI is InChI=1S/C11H20N2O2/c1-10(3-5-12-7-10)9(14)13-11(2)4-6-15-8-11/h12H,3-8H2,1-2H3,(H,13,14). The van der Waals surface area contributed by atoms with E-state index >= 15 is 0 Å². The van der Waals surface area contributed by atoms with Crippen LogP contribution in [0.1, 0.15) is 26.7 Å². The van der Waals surface area contributed by atoms with Crippen molar-refractivity contribution in [3.8, 4) is 0 Å². The molecule has 2 atom stereocenters. The first-order valence-electron chi connectivity index (χ1n) is 5.65. The monoisotopic (exact) mass is 212 g/mol. The van der Waals surface area contributed by atoms with Gasteiger partial charge in [0.15, 0.2) is 0 Å². The maximum atomic E-state index is 12.1. The van der Waals surface area contributed by atoms with Gasteiger partial charge >= 0.3 is 0 Å². The van der Waals surface area contributed by atoms with Gasteiger partial charge in [-0.05, 0) is 33.2 Å². The number of rotatable bonds is 2. The SMILES string of the molecule is CC1(NC(=O)C2(C)CCNC2)CCOC1. The Hall–Kier alpha value is -0.610. The smallest absolute Gasteiger partial charge is 0.227 e. The molecular weight excluding hydrogens is 192 g/mol. The summed E-state index contributed by atoms with van der Waals surface area (Å²) in [5, 5.41) is 6.37. The molecule has 0 saturated carbocycles. The molecule has 0 aromatic heterocycles. The zero-order chi connectivity index (χ0) is 10.9. The Morgan fingerprint density at radius 1 is 1.40 bits per heavy atom. The molecule has 0 aromatic carbocycles. The number of carbonyl (C=O) groups excluding carboxylic acids is 1. The van der Waals surface area contributed by atoms with E-state index in [-0.39, 0.29) is 16.9 Å². The molecule has 2 saturated heterocycles. The van der Waals surface area contributed by atoms with Crippen LogP contribution in [0.25, 0.3) is 0 Å². The van der Waals surface area contributed by atoms with Gasteiger partial charge in [-0.25, -0.2) is 0 Å². The predicted octanol–water partition coefficient (Wildman–Crippen LogP) is 0.281. The van der Waals surface area contributed by atoms with E-state index in [0.717, 1.165) is 32.5 Å². The summed E-state index contributed by atoms with van der Waals surface area (Å²) in [7, 11) is 0. The van der Waals surface area contributed by atoms with Crippen molar-refractivity contribution in [1.29, 1.82) is 0 Å². The van der Waals surface area contributed by atoms with E-state index in [2.05, 4.69) is 17.6 Å². The van der Waals surface area contributed by atoms with Crippen molar-refractivity contribution in [2.24, 2.45) is 5.41 Å². The van der Waals surface area contributed by atoms with Crippen LogP contribution < -0.4 is 10.6 Å². The summed E-state index contributed by atoms with van der Waals surface area (Å²) in [5.41, 5.74) is -0.381. The minimum absolute atomic E-state index is 0.150. The molecule has 4 nitrogen and oxygen atoms in total. The van der Waals surface area contributed by atoms with Crippen molar-refractivity contribution in [3.05, 3.63) is 0 Å². The first kappa shape index (κ1) is 10.9. The van der Waals surface area contributed by atoms with Crippen LogP contribution in [0, 0.1) is 5.41 Å². The molecule has 15 heavy (non-hydrogen) atoms. The molecule has 2 aliphatic heterocycles. The number of hydrogen-bond donors (Lipinski definition) is 2. The maximum Gasteiger partial charge on any atom is 0.227 e. The Labute approximate surface area is 90.8 Å². The molecule has 1 amide bonds. The third-order valence-corrected chi connectivity index (χ3v) is 3.55. The van der Waals surface area contributed by atoms with Crippen LogP contribution >= 0.6 is 0 Å². The first-order valence-corrected chi connectivity index (χ1v) is 5.65. The van der Waals surface area contributed by atoms with E-state index < -0.39 is 0 Å². The van der Waals surface area contributed by atoms with Crippen molar-refractivity contribution < 1.29 is 9.53 Å². The Morgan fingerprint density at radius 2 is 2.20 bits per heavy atom. The van der Waals surface area contributed by atoms with Crippen LogP contribution in [-0.2, 0) is 9.53 Å². The van der Waals surface area contributed by atoms with Gasteiger partial charge in [-0.3, -0.25) is 4.79 Å². The molecule has 2 heterocycles. The summed E-state index contributed by atoms with van der Waals surface area (Å²) in [6.07, 6.45) is 1.85. The number of carbonyl (C=O) groups is 1. The van der Waals surface area contributed by atoms with Gasteiger partial charge in [0.2, 0.25) is 5.91 Å². The molecule has 0 aromatic rings. The third-order valence-electron chi connectivity index (χ3n) is 3.55. The summed E-state index contributed by atoms with van der Waals surface area (Å²) >= 11 is 0. The molecule has 2 N–H and O–H groups in total. The van der Waals surface area contributed by atoms with Gasteiger partial charge < -0.3 is 15.4 Å². The summed E-state index contributed by atoms with van der Waals surface area (Å²) in [5.74, 6) is 0.167. The molecule has 4 heteroatoms. The Kier molecular flexibility index (Phi) is 2.73. The highest BCUT2D eigenvalue weighted by molar-refractivity contribution is 5.83. The molecule has 0 spiro atoms. The molecular formula is C11H20N2O2. The van der Waals surface area contributed by atoms with E-state index in [9.17, 15) is 4.79 Å². The van der Waals surface area contributed by atoms with Crippen molar-refractivity contribution in [2.45, 2.75) is 32.2 Å². The number of nitrogens with one attached hydrogen (secondary N) is 2. The zero-order valence-corrected chi connectivity index (χ0v) is 9.56. The average Bonchev–Trinajstić information content (AvgIpc) is 2.76. The van der Waals surface area contributed by atoms with Gasteiger partial charge in [0.05, 0.1) is 17.6 Å². The molecule has 0 aliphatic carbocycles. The Balaban J connectivity index is 1.96. The van der Waals surface area contributed by atoms with Crippen LogP contribution in [0.2, 0.25) is 0 Å². The Morgan fingerprint density at radius 3 is 2.73 bits per heavy atom. The third kappa shape index (κ3) is 2.16. The van der Waals surface area contributed by atoms with Crippen LogP contribution in [0.5, 0.6) is 0 Å². The molecule has 2 rings (SSSR count). The molecule has 2 unspecified atom stereocenters. The van der Waals surface area contributed by atoms with E-state index in [1.165, 1.54) is 0 Å². The van der Waals surface area contributed by atoms with Crippen LogP contribution in [-0.4, -0.2) is 37.7 Å². The normalized spacial score (nSPS) is 40.7. The zero-order valence-electron chi connectivity index (χ0n) is 9.56. The highest BCUT2D eigenvalue weighted by atomic mass is 16.5. The lowest BCUT2D eigenvalue weighted by molar-refractivity contribution is -0.131. The minimum Gasteiger partial charge on any atom is -0.379 e. The largest absolute Gasteiger partial charge is 0.379 e. The highest BCUT2D eigenvalue weighted by Gasteiger charge is 2.40. The molecule has 2 aliphatic rings. The number of amides is 1. The quantitative estimate of drug-likeness (QED) is 0.691. The Bertz CT molecular complexity index is 253. The van der Waals surface area contributed by atoms with Crippen molar-refractivity contribution in [2.75, 3.05) is 26.3 Å². The van der Waals surface area contributed by atoms with E-state index in [0.29, 0.717) is 6.61 Å². The van der Waals surface area contributed by atoms with Crippen molar-refractivity contribution in [1.82, 2.24) is 10.6 Å². The van der Waals surface area contributed by atoms with Gasteiger partial charge in [0, 0.05) is 13.2 Å². The second-order valence-corrected chi connectivity index (χ2v) is 5.30. The molecule has 0 bridgehead atoms. The predicted molar refractivity (Wildman–Crippen MR) is 57.6 cm³/mol. The number of ether oxygens (including phenoxy) is 1. The number of hydrogen-bond acceptors (Lipinski definition) is 3. The van der Waals surface area contributed by atoms with Crippen molar-refractivity contribution >= 4 is 5.91 Å². The van der Waals surface area contributed by atoms with Crippen LogP contribution in [0.4, 0.5) is 0 Å². The van der Waals surface area contributed by atoms with E-state index in [4.69, 9.17) is 4.74 Å². The van der Waals surface area contributed by atoms with Gasteiger partial charge in [-0.2, -0.15) is 0 Å². The molecule has 0 radical (unpaired) electrons. The topological polar surface area (TPSA) is 50.4 Å². The first-order chi connectivity index (χ1) is 7.04. The lowest BCUT2D eigenvalue weighted by Crippen LogP contribution is -2.52. The second kappa shape index (κ2) is 3.76. The van der Waals surface area contributed by atoms with Gasteiger partial charge in [-0.1, -0.05) is 0 Å². The summed E-state index contributed by atoms with van der Waals surface area (Å²) < 4.78 is 5.33. The highest BCUT2D eigenvalue weighted by Crippen LogP contribution is 2.27. The summed E-state index contributed by atoms with van der Waals surface area (Å²) in [6, 6.07) is 0. The summed E-state index contributed by atoms with van der Waals surface area (Å²) in [4.78, 5) is 12.1. The fraction of sp³-hybridized carbons (Fsp3) is 0.909. The summed E-state index contributed by atoms with van der Waals surface area (Å²) in [6.45, 7) is 7.21. The van der Waals surface area contributed by atoms with Gasteiger partial charge in [-0.15, -0.1) is 0 Å². The van der Waals surface area contributed by atoms with Crippen molar-refractivity contribution in [3.63, 3.8) is 0 Å². The fourth-order valence-electron chi connectivity index (χ4n) is 2.20. The van der Waals surface area contributed by atoms with Gasteiger partial charge in [0.1, 0.15) is 0 Å². The van der Waals surface area contributed by atoms with E-state index in [1.54, 1.807) is 0 Å². The van der Waals surface area contributed by atoms with E-state index in [1.807, 2.05) is 6.92 Å². The van der Waals surface area contributed by atoms with Gasteiger partial charge in [0.25, 0.3) is 0 Å². The average molecular weight is 212 g/mol. The fourth-order valence-corrected chi connectivity index (χ4v) is 2.20. The second-order valence-electron chi connectivity index (χ2n) is 5.30. The molecule has 2 fully saturated rings. The minimum atomic E-state index is -0.231. The molecule has 86 valence electrons. The van der Waals surface area contributed by atoms with Crippen LogP contribution in [0.15, 0.2) is 0 Å².